The summed E-state index contributed by atoms with van der Waals surface area (Å²) < 4.78 is 5.79. The van der Waals surface area contributed by atoms with Crippen LogP contribution < -0.4 is 10.5 Å². The highest BCUT2D eigenvalue weighted by molar-refractivity contribution is 5.48. The van der Waals surface area contributed by atoms with Crippen LogP contribution in [-0.2, 0) is 6.54 Å². The highest BCUT2D eigenvalue weighted by atomic mass is 16.5. The van der Waals surface area contributed by atoms with Crippen molar-refractivity contribution in [2.24, 2.45) is 5.73 Å². The van der Waals surface area contributed by atoms with Crippen molar-refractivity contribution in [1.82, 2.24) is 4.98 Å². The molecule has 96 valence electrons. The molecular weight excluding hydrogens is 238 g/mol. The van der Waals surface area contributed by atoms with Crippen LogP contribution in [0.4, 0.5) is 0 Å². The molecule has 0 saturated heterocycles. The molecular formula is C15H15N3O. The number of ether oxygens (including phenoxy) is 1. The molecule has 0 atom stereocenters. The highest BCUT2D eigenvalue weighted by Gasteiger charge is 2.10. The molecule has 0 aliphatic rings. The monoisotopic (exact) mass is 253 g/mol. The van der Waals surface area contributed by atoms with Crippen LogP contribution in [0.25, 0.3) is 0 Å². The van der Waals surface area contributed by atoms with Crippen LogP contribution >= 0.6 is 0 Å². The zero-order valence-electron chi connectivity index (χ0n) is 11.0. The van der Waals surface area contributed by atoms with Gasteiger partial charge in [0.2, 0.25) is 0 Å². The van der Waals surface area contributed by atoms with Crippen molar-refractivity contribution in [2.75, 3.05) is 0 Å². The van der Waals surface area contributed by atoms with E-state index in [4.69, 9.17) is 10.5 Å². The van der Waals surface area contributed by atoms with Crippen LogP contribution in [0.15, 0.2) is 30.3 Å². The van der Waals surface area contributed by atoms with Gasteiger partial charge in [-0.15, -0.1) is 0 Å². The van der Waals surface area contributed by atoms with Gasteiger partial charge in [0.25, 0.3) is 0 Å². The van der Waals surface area contributed by atoms with Crippen molar-refractivity contribution in [3.63, 3.8) is 0 Å². The molecule has 2 rings (SSSR count). The summed E-state index contributed by atoms with van der Waals surface area (Å²) in [6.07, 6.45) is 0. The third-order valence-electron chi connectivity index (χ3n) is 2.77. The summed E-state index contributed by atoms with van der Waals surface area (Å²) in [7, 11) is 0. The molecule has 0 amide bonds. The molecule has 0 saturated carbocycles. The summed E-state index contributed by atoms with van der Waals surface area (Å²) in [5, 5.41) is 9.18. The lowest BCUT2D eigenvalue weighted by molar-refractivity contribution is 0.478. The van der Waals surface area contributed by atoms with Crippen molar-refractivity contribution in [2.45, 2.75) is 20.4 Å². The molecule has 19 heavy (non-hydrogen) atoms. The van der Waals surface area contributed by atoms with E-state index in [1.807, 2.05) is 31.2 Å². The maximum Gasteiger partial charge on any atom is 0.148 e. The van der Waals surface area contributed by atoms with Crippen LogP contribution in [0.3, 0.4) is 0 Å². The number of nitrogens with two attached hydrogens (primary N) is 1. The molecule has 0 fully saturated rings. The average Bonchev–Trinajstić information content (AvgIpc) is 2.38. The van der Waals surface area contributed by atoms with E-state index in [0.29, 0.717) is 29.3 Å². The van der Waals surface area contributed by atoms with Crippen molar-refractivity contribution in [1.29, 1.82) is 5.26 Å². The number of hydrogen-bond acceptors (Lipinski definition) is 4. The van der Waals surface area contributed by atoms with Crippen molar-refractivity contribution < 1.29 is 4.74 Å². The first kappa shape index (κ1) is 13.1. The minimum absolute atomic E-state index is 0.455. The summed E-state index contributed by atoms with van der Waals surface area (Å²) in [5.74, 6) is 1.20. The van der Waals surface area contributed by atoms with Crippen molar-refractivity contribution in [3.05, 3.63) is 52.8 Å². The van der Waals surface area contributed by atoms with Crippen LogP contribution in [-0.4, -0.2) is 4.98 Å². The first-order chi connectivity index (χ1) is 9.13. The molecule has 4 heteroatoms. The number of aromatic nitrogens is 1. The van der Waals surface area contributed by atoms with Gasteiger partial charge in [-0.25, -0.2) is 0 Å². The fourth-order valence-corrected chi connectivity index (χ4v) is 1.87. The van der Waals surface area contributed by atoms with Gasteiger partial charge in [-0.3, -0.25) is 4.98 Å². The van der Waals surface area contributed by atoms with Crippen LogP contribution in [0.2, 0.25) is 0 Å². The number of hydrogen-bond donors (Lipinski definition) is 1. The highest BCUT2D eigenvalue weighted by Crippen LogP contribution is 2.27. The number of aryl methyl sites for hydroxylation is 2. The van der Waals surface area contributed by atoms with Crippen molar-refractivity contribution in [3.8, 4) is 17.6 Å². The molecule has 0 spiro atoms. The van der Waals surface area contributed by atoms with Gasteiger partial charge in [0.1, 0.15) is 23.1 Å². The van der Waals surface area contributed by atoms with E-state index >= 15 is 0 Å². The zero-order valence-corrected chi connectivity index (χ0v) is 11.0. The molecule has 0 aliphatic carbocycles. The summed E-state index contributed by atoms with van der Waals surface area (Å²) in [6.45, 7) is 4.13. The van der Waals surface area contributed by atoms with Gasteiger partial charge < -0.3 is 10.5 Å². The fraction of sp³-hybridized carbons (Fsp3) is 0.200. The minimum atomic E-state index is 0.455. The van der Waals surface area contributed by atoms with Crippen LogP contribution in [0.1, 0.15) is 22.5 Å². The largest absolute Gasteiger partial charge is 0.456 e. The topological polar surface area (TPSA) is 71.9 Å². The Morgan fingerprint density at radius 2 is 2.11 bits per heavy atom. The molecule has 0 aliphatic heterocycles. The Balaban J connectivity index is 2.40. The van der Waals surface area contributed by atoms with Gasteiger partial charge in [0.05, 0.1) is 5.69 Å². The van der Waals surface area contributed by atoms with E-state index in [0.717, 1.165) is 11.3 Å². The van der Waals surface area contributed by atoms with Gasteiger partial charge in [-0.05, 0) is 31.5 Å². The van der Waals surface area contributed by atoms with Gasteiger partial charge in [-0.1, -0.05) is 12.1 Å². The van der Waals surface area contributed by atoms with E-state index in [1.165, 1.54) is 0 Å². The van der Waals surface area contributed by atoms with Gasteiger partial charge in [0, 0.05) is 18.3 Å². The molecule has 1 aromatic carbocycles. The number of rotatable bonds is 3. The molecule has 1 heterocycles. The lowest BCUT2D eigenvalue weighted by Gasteiger charge is -2.10. The Morgan fingerprint density at radius 3 is 2.79 bits per heavy atom. The zero-order chi connectivity index (χ0) is 13.8. The summed E-state index contributed by atoms with van der Waals surface area (Å²) >= 11 is 0. The van der Waals surface area contributed by atoms with Crippen LogP contribution in [0.5, 0.6) is 11.5 Å². The standard InChI is InChI=1S/C15H15N3O/c1-10-6-15(14(9-17)11(2)18-10)19-13-5-3-4-12(7-13)8-16/h3-7H,8,16H2,1-2H3. The Hall–Kier alpha value is -2.38. The molecule has 2 N–H and O–H groups in total. The van der Waals surface area contributed by atoms with E-state index in [-0.39, 0.29) is 0 Å². The Kier molecular flexibility index (Phi) is 3.79. The lowest BCUT2D eigenvalue weighted by atomic mass is 10.1. The van der Waals surface area contributed by atoms with Gasteiger partial charge in [0.15, 0.2) is 0 Å². The smallest absolute Gasteiger partial charge is 0.148 e. The minimum Gasteiger partial charge on any atom is -0.456 e. The fourth-order valence-electron chi connectivity index (χ4n) is 1.87. The Labute approximate surface area is 112 Å². The van der Waals surface area contributed by atoms with E-state index in [1.54, 1.807) is 13.0 Å². The van der Waals surface area contributed by atoms with Gasteiger partial charge >= 0.3 is 0 Å². The molecule has 4 nitrogen and oxygen atoms in total. The number of nitriles is 1. The molecule has 0 bridgehead atoms. The third kappa shape index (κ3) is 2.90. The van der Waals surface area contributed by atoms with Crippen molar-refractivity contribution >= 4 is 0 Å². The molecule has 0 unspecified atom stereocenters. The summed E-state index contributed by atoms with van der Waals surface area (Å²) in [5.41, 5.74) is 8.54. The second-order valence-electron chi connectivity index (χ2n) is 4.29. The first-order valence-corrected chi connectivity index (χ1v) is 5.99. The number of benzene rings is 1. The predicted octanol–water partition coefficient (Wildman–Crippen LogP) is 2.82. The molecule has 2 aromatic rings. The second-order valence-corrected chi connectivity index (χ2v) is 4.29. The first-order valence-electron chi connectivity index (χ1n) is 5.99. The Morgan fingerprint density at radius 1 is 1.32 bits per heavy atom. The maximum absolute atomic E-state index is 9.18. The average molecular weight is 253 g/mol. The lowest BCUT2D eigenvalue weighted by Crippen LogP contribution is -1.98. The molecule has 1 aromatic heterocycles. The third-order valence-corrected chi connectivity index (χ3v) is 2.77. The van der Waals surface area contributed by atoms with E-state index in [9.17, 15) is 5.26 Å². The maximum atomic E-state index is 9.18. The second kappa shape index (κ2) is 5.51. The number of nitrogens with zero attached hydrogens (tertiary/aromatic N) is 2. The van der Waals surface area contributed by atoms with E-state index in [2.05, 4.69) is 11.1 Å². The molecule has 0 radical (unpaired) electrons. The summed E-state index contributed by atoms with van der Waals surface area (Å²) in [6, 6.07) is 11.4. The predicted molar refractivity (Wildman–Crippen MR) is 72.8 cm³/mol. The van der Waals surface area contributed by atoms with Crippen LogP contribution in [0, 0.1) is 25.2 Å². The van der Waals surface area contributed by atoms with Gasteiger partial charge in [-0.2, -0.15) is 5.26 Å². The SMILES string of the molecule is Cc1cc(Oc2cccc(CN)c2)c(C#N)c(C)n1. The van der Waals surface area contributed by atoms with E-state index < -0.39 is 0 Å². The summed E-state index contributed by atoms with van der Waals surface area (Å²) in [4.78, 5) is 4.26. The number of pyridine rings is 1. The Bertz CT molecular complexity index is 644. The normalized spacial score (nSPS) is 10.0. The quantitative estimate of drug-likeness (QED) is 0.912.